The van der Waals surface area contributed by atoms with E-state index in [2.05, 4.69) is 29.6 Å². The van der Waals surface area contributed by atoms with Crippen LogP contribution in [0.5, 0.6) is 0 Å². The van der Waals surface area contributed by atoms with Crippen molar-refractivity contribution in [2.75, 3.05) is 32.6 Å². The Kier molecular flexibility index (Phi) is 8.09. The van der Waals surface area contributed by atoms with Crippen molar-refractivity contribution in [3.05, 3.63) is 29.8 Å². The minimum absolute atomic E-state index is 0.265. The van der Waals surface area contributed by atoms with Crippen molar-refractivity contribution in [3.8, 4) is 0 Å². The van der Waals surface area contributed by atoms with Crippen molar-refractivity contribution in [1.29, 1.82) is 0 Å². The lowest BCUT2D eigenvalue weighted by atomic mass is 10.2. The minimum atomic E-state index is 0.265. The van der Waals surface area contributed by atoms with Gasteiger partial charge in [-0.2, -0.15) is 0 Å². The van der Waals surface area contributed by atoms with Crippen molar-refractivity contribution in [2.45, 2.75) is 17.9 Å². The van der Waals surface area contributed by atoms with Crippen molar-refractivity contribution >= 4 is 11.8 Å². The van der Waals surface area contributed by atoms with Crippen LogP contribution >= 0.6 is 11.8 Å². The highest BCUT2D eigenvalue weighted by atomic mass is 32.2. The number of rotatable bonds is 9. The minimum Gasteiger partial charge on any atom is -0.396 e. The fraction of sp³-hybridized carbons (Fsp3) is 0.538. The highest BCUT2D eigenvalue weighted by Crippen LogP contribution is 2.22. The molecule has 1 rings (SSSR count). The Hall–Kier alpha value is -0.550. The molecule has 0 saturated heterocycles. The first-order chi connectivity index (χ1) is 8.38. The van der Waals surface area contributed by atoms with Crippen LogP contribution in [-0.2, 0) is 11.3 Å². The van der Waals surface area contributed by atoms with Crippen LogP contribution in [0.15, 0.2) is 29.2 Å². The number of benzene rings is 1. The quantitative estimate of drug-likeness (QED) is 0.522. The van der Waals surface area contributed by atoms with Gasteiger partial charge in [0.2, 0.25) is 0 Å². The molecule has 0 saturated carbocycles. The molecule has 96 valence electrons. The molecule has 1 aromatic carbocycles. The number of hydrogen-bond acceptors (Lipinski definition) is 4. The van der Waals surface area contributed by atoms with Crippen molar-refractivity contribution < 1.29 is 9.84 Å². The van der Waals surface area contributed by atoms with Gasteiger partial charge in [-0.05, 0) is 18.1 Å². The monoisotopic (exact) mass is 255 g/mol. The van der Waals surface area contributed by atoms with Crippen LogP contribution < -0.4 is 5.32 Å². The van der Waals surface area contributed by atoms with Crippen LogP contribution in [0.25, 0.3) is 0 Å². The van der Waals surface area contributed by atoms with E-state index < -0.39 is 0 Å². The maximum Gasteiger partial charge on any atom is 0.0587 e. The van der Waals surface area contributed by atoms with E-state index in [0.717, 1.165) is 31.9 Å². The summed E-state index contributed by atoms with van der Waals surface area (Å²) in [6, 6.07) is 8.39. The molecule has 0 fully saturated rings. The van der Waals surface area contributed by atoms with E-state index in [9.17, 15) is 0 Å². The van der Waals surface area contributed by atoms with E-state index >= 15 is 0 Å². The van der Waals surface area contributed by atoms with E-state index in [-0.39, 0.29) is 6.61 Å². The van der Waals surface area contributed by atoms with E-state index in [1.165, 1.54) is 10.5 Å². The number of aliphatic hydroxyl groups excluding tert-OH is 1. The molecule has 17 heavy (non-hydrogen) atoms. The third kappa shape index (κ3) is 6.07. The molecule has 0 amide bonds. The summed E-state index contributed by atoms with van der Waals surface area (Å²) in [7, 11) is 1.71. The molecule has 0 bridgehead atoms. The van der Waals surface area contributed by atoms with Crippen molar-refractivity contribution in [3.63, 3.8) is 0 Å². The highest BCUT2D eigenvalue weighted by Gasteiger charge is 2.01. The molecule has 0 unspecified atom stereocenters. The molecule has 0 heterocycles. The van der Waals surface area contributed by atoms with E-state index in [1.807, 2.05) is 0 Å². The average Bonchev–Trinajstić information content (AvgIpc) is 2.36. The van der Waals surface area contributed by atoms with E-state index in [0.29, 0.717) is 0 Å². The lowest BCUT2D eigenvalue weighted by Gasteiger charge is -2.09. The molecular weight excluding hydrogens is 234 g/mol. The predicted molar refractivity (Wildman–Crippen MR) is 72.5 cm³/mol. The summed E-state index contributed by atoms with van der Waals surface area (Å²) < 4.78 is 4.99. The van der Waals surface area contributed by atoms with Gasteiger partial charge >= 0.3 is 0 Å². The zero-order chi connectivity index (χ0) is 12.3. The second-order valence-electron chi connectivity index (χ2n) is 3.70. The number of ether oxygens (including phenoxy) is 1. The molecule has 0 spiro atoms. The Balaban J connectivity index is 2.40. The average molecular weight is 255 g/mol. The Morgan fingerprint density at radius 1 is 1.35 bits per heavy atom. The molecule has 0 aliphatic rings. The predicted octanol–water partition coefficient (Wildman–Crippen LogP) is 1.90. The number of methoxy groups -OCH3 is 1. The Morgan fingerprint density at radius 3 is 2.94 bits per heavy atom. The fourth-order valence-electron chi connectivity index (χ4n) is 1.43. The summed E-state index contributed by atoms with van der Waals surface area (Å²) in [6.45, 7) is 2.73. The largest absolute Gasteiger partial charge is 0.396 e. The summed E-state index contributed by atoms with van der Waals surface area (Å²) in [4.78, 5) is 1.30. The first-order valence-corrected chi connectivity index (χ1v) is 6.88. The first-order valence-electron chi connectivity index (χ1n) is 5.89. The van der Waals surface area contributed by atoms with Gasteiger partial charge in [-0.25, -0.2) is 0 Å². The maximum atomic E-state index is 8.77. The summed E-state index contributed by atoms with van der Waals surface area (Å²) in [6.07, 6.45) is 0.843. The normalized spacial score (nSPS) is 10.7. The Bertz CT molecular complexity index is 307. The highest BCUT2D eigenvalue weighted by molar-refractivity contribution is 7.99. The topological polar surface area (TPSA) is 41.5 Å². The van der Waals surface area contributed by atoms with Gasteiger partial charge in [0.05, 0.1) is 6.61 Å². The van der Waals surface area contributed by atoms with E-state index in [4.69, 9.17) is 9.84 Å². The third-order valence-corrected chi connectivity index (χ3v) is 3.53. The molecule has 1 aromatic rings. The van der Waals surface area contributed by atoms with Gasteiger partial charge in [-0.1, -0.05) is 18.2 Å². The molecule has 2 N–H and O–H groups in total. The number of hydrogen-bond donors (Lipinski definition) is 2. The van der Waals surface area contributed by atoms with Crippen LogP contribution in [0.4, 0.5) is 0 Å². The standard InChI is InChI=1S/C13H21NO2S/c1-16-9-7-14-11-12-5-2-3-6-13(12)17-10-4-8-15/h2-3,5-6,14-15H,4,7-11H2,1H3. The van der Waals surface area contributed by atoms with Crippen LogP contribution in [-0.4, -0.2) is 37.7 Å². The van der Waals surface area contributed by atoms with Crippen molar-refractivity contribution in [2.24, 2.45) is 0 Å². The summed E-state index contributed by atoms with van der Waals surface area (Å²) in [5.74, 6) is 0.964. The second kappa shape index (κ2) is 9.48. The van der Waals surface area contributed by atoms with Crippen molar-refractivity contribution in [1.82, 2.24) is 5.32 Å². The summed E-state index contributed by atoms with van der Waals surface area (Å²) in [5.41, 5.74) is 1.31. The van der Waals surface area contributed by atoms with Gasteiger partial charge in [0.25, 0.3) is 0 Å². The van der Waals surface area contributed by atoms with Gasteiger partial charge in [-0.15, -0.1) is 11.8 Å². The fourth-order valence-corrected chi connectivity index (χ4v) is 2.43. The summed E-state index contributed by atoms with van der Waals surface area (Å²) in [5, 5.41) is 12.1. The molecule has 3 nitrogen and oxygen atoms in total. The molecular formula is C13H21NO2S. The zero-order valence-electron chi connectivity index (χ0n) is 10.3. The molecule has 0 aromatic heterocycles. The number of aliphatic hydroxyl groups is 1. The Morgan fingerprint density at radius 2 is 2.18 bits per heavy atom. The maximum absolute atomic E-state index is 8.77. The molecule has 0 aliphatic carbocycles. The molecule has 4 heteroatoms. The van der Waals surface area contributed by atoms with Crippen LogP contribution in [0, 0.1) is 0 Å². The van der Waals surface area contributed by atoms with Gasteiger partial charge in [-0.3, -0.25) is 0 Å². The SMILES string of the molecule is COCCNCc1ccccc1SCCCO. The van der Waals surface area contributed by atoms with Crippen LogP contribution in [0.1, 0.15) is 12.0 Å². The van der Waals surface area contributed by atoms with Gasteiger partial charge in [0.1, 0.15) is 0 Å². The molecule has 0 atom stereocenters. The molecule has 0 aliphatic heterocycles. The first kappa shape index (κ1) is 14.5. The summed E-state index contributed by atoms with van der Waals surface area (Å²) >= 11 is 1.80. The number of nitrogens with one attached hydrogen (secondary N) is 1. The smallest absolute Gasteiger partial charge is 0.0587 e. The van der Waals surface area contributed by atoms with Crippen LogP contribution in [0.2, 0.25) is 0 Å². The zero-order valence-corrected chi connectivity index (χ0v) is 11.1. The van der Waals surface area contributed by atoms with Gasteiger partial charge < -0.3 is 15.2 Å². The molecule has 0 radical (unpaired) electrons. The lowest BCUT2D eigenvalue weighted by molar-refractivity contribution is 0.199. The van der Waals surface area contributed by atoms with E-state index in [1.54, 1.807) is 18.9 Å². The number of thioether (sulfide) groups is 1. The van der Waals surface area contributed by atoms with Crippen LogP contribution in [0.3, 0.4) is 0 Å². The lowest BCUT2D eigenvalue weighted by Crippen LogP contribution is -2.18. The Labute approximate surface area is 108 Å². The third-order valence-electron chi connectivity index (χ3n) is 2.33. The second-order valence-corrected chi connectivity index (χ2v) is 4.84. The van der Waals surface area contributed by atoms with Gasteiger partial charge in [0.15, 0.2) is 0 Å². The van der Waals surface area contributed by atoms with Gasteiger partial charge in [0, 0.05) is 37.5 Å².